The van der Waals surface area contributed by atoms with Gasteiger partial charge in [-0.25, -0.2) is 8.42 Å². The first-order valence-corrected chi connectivity index (χ1v) is 7.47. The molecule has 1 fully saturated rings. The van der Waals surface area contributed by atoms with E-state index in [2.05, 4.69) is 0 Å². The summed E-state index contributed by atoms with van der Waals surface area (Å²) in [6.07, 6.45) is 1.54. The second-order valence-corrected chi connectivity index (χ2v) is 6.05. The van der Waals surface area contributed by atoms with E-state index < -0.39 is 16.0 Å². The third-order valence-electron chi connectivity index (χ3n) is 2.82. The zero-order chi connectivity index (χ0) is 12.9. The molecule has 1 heterocycles. The molecule has 1 saturated heterocycles. The predicted octanol–water partition coefficient (Wildman–Crippen LogP) is -0.307. The molecule has 7 heteroatoms. The Morgan fingerprint density at radius 1 is 1.53 bits per heavy atom. The minimum atomic E-state index is -3.38. The summed E-state index contributed by atoms with van der Waals surface area (Å²) in [5.41, 5.74) is 5.53. The topological polar surface area (TPSA) is 89.7 Å². The van der Waals surface area contributed by atoms with Gasteiger partial charge >= 0.3 is 5.97 Å². The Morgan fingerprint density at radius 3 is 2.82 bits per heavy atom. The number of carbonyl (C=O) groups is 1. The van der Waals surface area contributed by atoms with Crippen LogP contribution in [-0.2, 0) is 19.6 Å². The van der Waals surface area contributed by atoms with Gasteiger partial charge in [0.1, 0.15) is 0 Å². The third kappa shape index (κ3) is 3.93. The summed E-state index contributed by atoms with van der Waals surface area (Å²) in [4.78, 5) is 11.1. The van der Waals surface area contributed by atoms with Crippen LogP contribution in [0.5, 0.6) is 0 Å². The fourth-order valence-corrected chi connectivity index (χ4v) is 3.69. The molecular weight excluding hydrogens is 244 g/mol. The average Bonchev–Trinajstić information content (AvgIpc) is 2.76. The molecule has 0 amide bonds. The quantitative estimate of drug-likeness (QED) is 0.665. The van der Waals surface area contributed by atoms with Gasteiger partial charge in [0.25, 0.3) is 0 Å². The summed E-state index contributed by atoms with van der Waals surface area (Å²) < 4.78 is 30.1. The lowest BCUT2D eigenvalue weighted by Crippen LogP contribution is -2.41. The van der Waals surface area contributed by atoms with Crippen LogP contribution in [0.1, 0.15) is 26.2 Å². The number of hydrogen-bond donors (Lipinski definition) is 1. The number of hydrogen-bond acceptors (Lipinski definition) is 5. The van der Waals surface area contributed by atoms with E-state index in [1.54, 1.807) is 6.92 Å². The Morgan fingerprint density at radius 2 is 2.24 bits per heavy atom. The van der Waals surface area contributed by atoms with Crippen LogP contribution in [0.25, 0.3) is 0 Å². The van der Waals surface area contributed by atoms with Crippen molar-refractivity contribution in [2.45, 2.75) is 32.2 Å². The molecule has 0 saturated carbocycles. The number of nitrogens with two attached hydrogens (primary N) is 1. The fourth-order valence-electron chi connectivity index (χ4n) is 1.97. The van der Waals surface area contributed by atoms with Crippen molar-refractivity contribution in [3.63, 3.8) is 0 Å². The van der Waals surface area contributed by atoms with Gasteiger partial charge in [-0.15, -0.1) is 0 Å². The second kappa shape index (κ2) is 6.32. The summed E-state index contributed by atoms with van der Waals surface area (Å²) in [7, 11) is -3.38. The van der Waals surface area contributed by atoms with Crippen LogP contribution >= 0.6 is 0 Å². The van der Waals surface area contributed by atoms with Crippen LogP contribution in [0.2, 0.25) is 0 Å². The average molecular weight is 264 g/mol. The monoisotopic (exact) mass is 264 g/mol. The Labute approximate surface area is 102 Å². The normalized spacial score (nSPS) is 21.6. The van der Waals surface area contributed by atoms with E-state index >= 15 is 0 Å². The molecule has 2 N–H and O–H groups in total. The number of carbonyl (C=O) groups excluding carboxylic acids is 1. The SMILES string of the molecule is CCOC(=O)CCS(=O)(=O)N1CCCC1CN. The summed E-state index contributed by atoms with van der Waals surface area (Å²) in [5.74, 6) is -0.665. The van der Waals surface area contributed by atoms with Gasteiger partial charge < -0.3 is 10.5 Å². The van der Waals surface area contributed by atoms with Gasteiger partial charge in [-0.1, -0.05) is 0 Å². The first-order valence-electron chi connectivity index (χ1n) is 5.86. The maximum atomic E-state index is 12.0. The zero-order valence-corrected chi connectivity index (χ0v) is 10.9. The van der Waals surface area contributed by atoms with E-state index in [1.807, 2.05) is 0 Å². The largest absolute Gasteiger partial charge is 0.466 e. The summed E-state index contributed by atoms with van der Waals surface area (Å²) in [5, 5.41) is 0. The molecule has 1 atom stereocenters. The molecular formula is C10H20N2O4S. The molecule has 100 valence electrons. The molecule has 0 bridgehead atoms. The number of nitrogens with zero attached hydrogens (tertiary/aromatic N) is 1. The van der Waals surface area contributed by atoms with Crippen molar-refractivity contribution >= 4 is 16.0 Å². The summed E-state index contributed by atoms with van der Waals surface area (Å²) in [6, 6.07) is -0.109. The standard InChI is InChI=1S/C10H20N2O4S/c1-2-16-10(13)5-7-17(14,15)12-6-3-4-9(12)8-11/h9H,2-8,11H2,1H3. The maximum Gasteiger partial charge on any atom is 0.306 e. The molecule has 1 unspecified atom stereocenters. The lowest BCUT2D eigenvalue weighted by atomic mass is 10.2. The number of rotatable bonds is 6. The van der Waals surface area contributed by atoms with Crippen molar-refractivity contribution in [2.75, 3.05) is 25.4 Å². The molecule has 0 aromatic rings. The highest BCUT2D eigenvalue weighted by atomic mass is 32.2. The van der Waals surface area contributed by atoms with Crippen molar-refractivity contribution in [1.82, 2.24) is 4.31 Å². The van der Waals surface area contributed by atoms with Gasteiger partial charge in [0.15, 0.2) is 0 Å². The van der Waals surface area contributed by atoms with E-state index in [-0.39, 0.29) is 24.8 Å². The third-order valence-corrected chi connectivity index (χ3v) is 4.74. The summed E-state index contributed by atoms with van der Waals surface area (Å²) >= 11 is 0. The van der Waals surface area contributed by atoms with Gasteiger partial charge in [0.2, 0.25) is 10.0 Å². The predicted molar refractivity (Wildman–Crippen MR) is 63.8 cm³/mol. The Kier molecular flexibility index (Phi) is 5.35. The van der Waals surface area contributed by atoms with E-state index in [9.17, 15) is 13.2 Å². The van der Waals surface area contributed by atoms with Crippen molar-refractivity contribution < 1.29 is 17.9 Å². The van der Waals surface area contributed by atoms with E-state index in [0.717, 1.165) is 12.8 Å². The minimum Gasteiger partial charge on any atom is -0.466 e. The molecule has 1 aliphatic rings. The number of esters is 1. The molecule has 17 heavy (non-hydrogen) atoms. The van der Waals surface area contributed by atoms with Crippen molar-refractivity contribution in [3.8, 4) is 0 Å². The van der Waals surface area contributed by atoms with Gasteiger partial charge in [-0.3, -0.25) is 4.79 Å². The molecule has 0 spiro atoms. The summed E-state index contributed by atoms with van der Waals surface area (Å²) in [6.45, 7) is 2.80. The van der Waals surface area contributed by atoms with Crippen LogP contribution in [0.3, 0.4) is 0 Å². The van der Waals surface area contributed by atoms with Gasteiger partial charge in [-0.2, -0.15) is 4.31 Å². The molecule has 0 aliphatic carbocycles. The molecule has 1 rings (SSSR count). The highest BCUT2D eigenvalue weighted by molar-refractivity contribution is 7.89. The van der Waals surface area contributed by atoms with Gasteiger partial charge in [0, 0.05) is 19.1 Å². The van der Waals surface area contributed by atoms with Crippen LogP contribution < -0.4 is 5.73 Å². The van der Waals surface area contributed by atoms with E-state index in [0.29, 0.717) is 13.1 Å². The molecule has 6 nitrogen and oxygen atoms in total. The smallest absolute Gasteiger partial charge is 0.306 e. The van der Waals surface area contributed by atoms with Crippen LogP contribution in [0, 0.1) is 0 Å². The van der Waals surface area contributed by atoms with E-state index in [1.165, 1.54) is 4.31 Å². The highest BCUT2D eigenvalue weighted by Crippen LogP contribution is 2.20. The van der Waals surface area contributed by atoms with Crippen LogP contribution in [0.4, 0.5) is 0 Å². The molecule has 0 aromatic heterocycles. The van der Waals surface area contributed by atoms with Crippen molar-refractivity contribution in [2.24, 2.45) is 5.73 Å². The first-order chi connectivity index (χ1) is 8.01. The van der Waals surface area contributed by atoms with Crippen LogP contribution in [0.15, 0.2) is 0 Å². The molecule has 1 aliphatic heterocycles. The lowest BCUT2D eigenvalue weighted by Gasteiger charge is -2.22. The number of ether oxygens (including phenoxy) is 1. The highest BCUT2D eigenvalue weighted by Gasteiger charge is 2.33. The second-order valence-electron chi connectivity index (χ2n) is 4.01. The lowest BCUT2D eigenvalue weighted by molar-refractivity contribution is -0.142. The van der Waals surface area contributed by atoms with Crippen molar-refractivity contribution in [1.29, 1.82) is 0 Å². The van der Waals surface area contributed by atoms with Gasteiger partial charge in [0.05, 0.1) is 18.8 Å². The molecule has 0 radical (unpaired) electrons. The molecule has 0 aromatic carbocycles. The first kappa shape index (κ1) is 14.4. The fraction of sp³-hybridized carbons (Fsp3) is 0.900. The van der Waals surface area contributed by atoms with Gasteiger partial charge in [-0.05, 0) is 19.8 Å². The Balaban J connectivity index is 2.53. The Hall–Kier alpha value is -0.660. The zero-order valence-electron chi connectivity index (χ0n) is 10.1. The van der Waals surface area contributed by atoms with Crippen molar-refractivity contribution in [3.05, 3.63) is 0 Å². The number of sulfonamides is 1. The maximum absolute atomic E-state index is 12.0. The van der Waals surface area contributed by atoms with Crippen LogP contribution in [-0.4, -0.2) is 50.2 Å². The Bertz CT molecular complexity index is 355. The van der Waals surface area contributed by atoms with E-state index in [4.69, 9.17) is 10.5 Å². The minimum absolute atomic E-state index is 0.0933.